The number of aromatic nitrogens is 1. The maximum atomic E-state index is 14.4. The van der Waals surface area contributed by atoms with Crippen molar-refractivity contribution in [2.75, 3.05) is 6.26 Å². The Morgan fingerprint density at radius 1 is 1.31 bits per heavy atom. The summed E-state index contributed by atoms with van der Waals surface area (Å²) in [5, 5.41) is 8.87. The van der Waals surface area contributed by atoms with Crippen LogP contribution in [0.15, 0.2) is 35.5 Å². The van der Waals surface area contributed by atoms with Crippen molar-refractivity contribution in [3.05, 3.63) is 47.3 Å². The lowest BCUT2D eigenvalue weighted by atomic mass is 10.1. The molecule has 2 aromatic rings. The SMILES string of the molecule is CS(=O)(=O)c1ccc(Oc2cncc(C#N)c2)c2c1[C@H](N)C(F)(F)[C@@H]2F. The molecule has 0 saturated heterocycles. The Balaban J connectivity index is 2.20. The summed E-state index contributed by atoms with van der Waals surface area (Å²) in [4.78, 5) is 3.28. The fraction of sp³-hybridized carbons (Fsp3) is 0.250. The number of fused-ring (bicyclic) bond motifs is 1. The number of sulfone groups is 1. The van der Waals surface area contributed by atoms with Crippen LogP contribution in [0.2, 0.25) is 0 Å². The second-order valence-corrected chi connectivity index (χ2v) is 7.78. The van der Waals surface area contributed by atoms with Gasteiger partial charge in [0.15, 0.2) is 16.0 Å². The molecule has 0 amide bonds. The zero-order valence-corrected chi connectivity index (χ0v) is 14.1. The van der Waals surface area contributed by atoms with Crippen molar-refractivity contribution in [2.24, 2.45) is 5.73 Å². The first-order valence-corrected chi connectivity index (χ1v) is 9.13. The maximum absolute atomic E-state index is 14.4. The number of nitrogens with two attached hydrogens (primary N) is 1. The molecule has 1 aliphatic rings. The van der Waals surface area contributed by atoms with Crippen molar-refractivity contribution in [2.45, 2.75) is 23.0 Å². The fourth-order valence-electron chi connectivity index (χ4n) is 2.80. The molecule has 6 nitrogen and oxygen atoms in total. The molecular weight excluding hydrogens is 371 g/mol. The van der Waals surface area contributed by atoms with Crippen LogP contribution < -0.4 is 10.5 Å². The number of hydrogen-bond acceptors (Lipinski definition) is 6. The zero-order valence-electron chi connectivity index (χ0n) is 13.3. The number of nitriles is 1. The molecule has 0 radical (unpaired) electrons. The second-order valence-electron chi connectivity index (χ2n) is 5.80. The zero-order chi connectivity index (χ0) is 19.3. The Morgan fingerprint density at radius 2 is 2.00 bits per heavy atom. The van der Waals surface area contributed by atoms with Crippen molar-refractivity contribution >= 4 is 9.84 Å². The van der Waals surface area contributed by atoms with E-state index in [0.29, 0.717) is 0 Å². The first kappa shape index (κ1) is 18.2. The third kappa shape index (κ3) is 2.79. The Hall–Kier alpha value is -2.64. The van der Waals surface area contributed by atoms with Crippen molar-refractivity contribution in [3.63, 3.8) is 0 Å². The van der Waals surface area contributed by atoms with Gasteiger partial charge in [-0.2, -0.15) is 5.26 Å². The summed E-state index contributed by atoms with van der Waals surface area (Å²) < 4.78 is 71.9. The van der Waals surface area contributed by atoms with E-state index in [0.717, 1.165) is 18.4 Å². The van der Waals surface area contributed by atoms with Crippen LogP contribution in [0.1, 0.15) is 28.9 Å². The van der Waals surface area contributed by atoms with Crippen LogP contribution in [0, 0.1) is 11.3 Å². The van der Waals surface area contributed by atoms with Crippen molar-refractivity contribution in [3.8, 4) is 17.6 Å². The summed E-state index contributed by atoms with van der Waals surface area (Å²) in [7, 11) is -3.93. The van der Waals surface area contributed by atoms with Crippen LogP contribution in [0.3, 0.4) is 0 Å². The summed E-state index contributed by atoms with van der Waals surface area (Å²) >= 11 is 0. The average Bonchev–Trinajstić information content (AvgIpc) is 2.75. The molecule has 1 heterocycles. The summed E-state index contributed by atoms with van der Waals surface area (Å²) in [5.41, 5.74) is 4.47. The predicted molar refractivity (Wildman–Crippen MR) is 84.3 cm³/mol. The van der Waals surface area contributed by atoms with E-state index in [4.69, 9.17) is 15.7 Å². The molecule has 1 aromatic carbocycles. The number of ether oxygens (including phenoxy) is 1. The minimum atomic E-state index is -3.99. The lowest BCUT2D eigenvalue weighted by Gasteiger charge is -2.17. The first-order valence-electron chi connectivity index (χ1n) is 7.24. The minimum Gasteiger partial charge on any atom is -0.455 e. The van der Waals surface area contributed by atoms with Crippen LogP contribution in [-0.2, 0) is 9.84 Å². The smallest absolute Gasteiger partial charge is 0.301 e. The lowest BCUT2D eigenvalue weighted by molar-refractivity contribution is -0.0813. The van der Waals surface area contributed by atoms with E-state index in [1.807, 2.05) is 6.07 Å². The third-order valence-corrected chi connectivity index (χ3v) is 5.15. The van der Waals surface area contributed by atoms with Gasteiger partial charge in [-0.3, -0.25) is 4.98 Å². The largest absolute Gasteiger partial charge is 0.455 e. The van der Waals surface area contributed by atoms with E-state index in [2.05, 4.69) is 4.98 Å². The molecule has 2 N–H and O–H groups in total. The normalized spacial score (nSPS) is 21.1. The molecule has 0 saturated carbocycles. The van der Waals surface area contributed by atoms with Crippen LogP contribution in [0.5, 0.6) is 11.5 Å². The highest BCUT2D eigenvalue weighted by Crippen LogP contribution is 2.56. The predicted octanol–water partition coefficient (Wildman–Crippen LogP) is 2.81. The average molecular weight is 383 g/mol. The van der Waals surface area contributed by atoms with Gasteiger partial charge in [0.05, 0.1) is 22.7 Å². The second kappa shape index (κ2) is 5.96. The molecule has 26 heavy (non-hydrogen) atoms. The Kier molecular flexibility index (Phi) is 4.17. The quantitative estimate of drug-likeness (QED) is 0.874. The molecule has 1 aliphatic carbocycles. The van der Waals surface area contributed by atoms with Gasteiger partial charge in [-0.15, -0.1) is 0 Å². The highest BCUT2D eigenvalue weighted by Gasteiger charge is 2.57. The van der Waals surface area contributed by atoms with Crippen LogP contribution >= 0.6 is 0 Å². The monoisotopic (exact) mass is 383 g/mol. The number of rotatable bonds is 3. The number of alkyl halides is 3. The number of hydrogen-bond donors (Lipinski definition) is 1. The molecule has 0 fully saturated rings. The fourth-order valence-corrected chi connectivity index (χ4v) is 3.75. The molecule has 0 bridgehead atoms. The van der Waals surface area contributed by atoms with E-state index < -0.39 is 44.0 Å². The molecular formula is C16H12F3N3O3S. The van der Waals surface area contributed by atoms with Gasteiger partial charge in [0.2, 0.25) is 0 Å². The molecule has 0 aliphatic heterocycles. The standard InChI is InChI=1S/C16H12F3N3O3S/c1-26(23,24)11-3-2-10(25-9-4-8(5-20)6-22-7-9)12-13(11)15(21)16(18,19)14(12)17/h2-4,6-7,14-15H,21H2,1H3/t14-,15+/m1/s1. The van der Waals surface area contributed by atoms with E-state index in [1.54, 1.807) is 0 Å². The molecule has 1 aromatic heterocycles. The Labute approximate surface area is 146 Å². The summed E-state index contributed by atoms with van der Waals surface area (Å²) in [6.07, 6.45) is 0.445. The van der Waals surface area contributed by atoms with Crippen molar-refractivity contribution in [1.82, 2.24) is 4.98 Å². The topological polar surface area (TPSA) is 106 Å². The van der Waals surface area contributed by atoms with Crippen LogP contribution in [0.4, 0.5) is 13.2 Å². The van der Waals surface area contributed by atoms with Crippen molar-refractivity contribution in [1.29, 1.82) is 5.26 Å². The number of halogens is 3. The van der Waals surface area contributed by atoms with E-state index >= 15 is 0 Å². The van der Waals surface area contributed by atoms with Crippen LogP contribution in [0.25, 0.3) is 0 Å². The van der Waals surface area contributed by atoms with Gasteiger partial charge in [-0.25, -0.2) is 21.6 Å². The summed E-state index contributed by atoms with van der Waals surface area (Å²) in [5.74, 6) is -4.30. The van der Waals surface area contributed by atoms with Gasteiger partial charge in [-0.05, 0) is 12.1 Å². The Morgan fingerprint density at radius 3 is 2.62 bits per heavy atom. The van der Waals surface area contributed by atoms with Crippen molar-refractivity contribution < 1.29 is 26.3 Å². The first-order chi connectivity index (χ1) is 12.1. The van der Waals surface area contributed by atoms with E-state index in [1.165, 1.54) is 18.5 Å². The van der Waals surface area contributed by atoms with Gasteiger partial charge in [-0.1, -0.05) is 0 Å². The summed E-state index contributed by atoms with van der Waals surface area (Å²) in [6, 6.07) is 3.09. The van der Waals surface area contributed by atoms with Gasteiger partial charge in [0.1, 0.15) is 17.6 Å². The molecule has 0 unspecified atom stereocenters. The molecule has 3 rings (SSSR count). The molecule has 10 heteroatoms. The van der Waals surface area contributed by atoms with E-state index in [-0.39, 0.29) is 17.1 Å². The van der Waals surface area contributed by atoms with Gasteiger partial charge in [0.25, 0.3) is 0 Å². The Bertz CT molecular complexity index is 1030. The third-order valence-electron chi connectivity index (χ3n) is 3.99. The van der Waals surface area contributed by atoms with Gasteiger partial charge >= 0.3 is 5.92 Å². The molecule has 2 atom stereocenters. The number of pyridine rings is 1. The molecule has 0 spiro atoms. The minimum absolute atomic E-state index is 0.00865. The summed E-state index contributed by atoms with van der Waals surface area (Å²) in [6.45, 7) is 0. The van der Waals surface area contributed by atoms with E-state index in [9.17, 15) is 21.6 Å². The highest BCUT2D eigenvalue weighted by molar-refractivity contribution is 7.90. The molecule has 136 valence electrons. The van der Waals surface area contributed by atoms with Gasteiger partial charge < -0.3 is 10.5 Å². The number of benzene rings is 1. The lowest BCUT2D eigenvalue weighted by Crippen LogP contribution is -2.31. The number of nitrogens with zero attached hydrogens (tertiary/aromatic N) is 2. The highest BCUT2D eigenvalue weighted by atomic mass is 32.2. The van der Waals surface area contributed by atoms with Gasteiger partial charge in [0, 0.05) is 29.6 Å². The maximum Gasteiger partial charge on any atom is 0.301 e. The van der Waals surface area contributed by atoms with Crippen LogP contribution in [-0.4, -0.2) is 25.6 Å².